The second-order valence-electron chi connectivity index (χ2n) is 3.00. The largest absolute Gasteiger partial charge is 0.438 e. The van der Waals surface area contributed by atoms with E-state index in [-0.39, 0.29) is 0 Å². The summed E-state index contributed by atoms with van der Waals surface area (Å²) in [5.74, 6) is 2.03. The van der Waals surface area contributed by atoms with E-state index in [1.54, 1.807) is 19.2 Å². The molecule has 0 saturated heterocycles. The van der Waals surface area contributed by atoms with E-state index < -0.39 is 0 Å². The van der Waals surface area contributed by atoms with Crippen molar-refractivity contribution in [2.24, 2.45) is 0 Å². The second kappa shape index (κ2) is 3.10. The van der Waals surface area contributed by atoms with Gasteiger partial charge in [0.15, 0.2) is 17.5 Å². The first-order valence-corrected chi connectivity index (χ1v) is 4.19. The lowest BCUT2D eigenvalue weighted by atomic mass is 10.4. The first-order chi connectivity index (χ1) is 6.65. The van der Waals surface area contributed by atoms with Crippen molar-refractivity contribution >= 4 is 5.82 Å². The van der Waals surface area contributed by atoms with Crippen LogP contribution in [0.15, 0.2) is 16.7 Å². The van der Waals surface area contributed by atoms with Crippen molar-refractivity contribution in [1.29, 1.82) is 0 Å². The lowest BCUT2D eigenvalue weighted by Gasteiger charge is -1.98. The van der Waals surface area contributed by atoms with Crippen LogP contribution in [0.25, 0.3) is 11.6 Å². The van der Waals surface area contributed by atoms with Crippen LogP contribution >= 0.6 is 0 Å². The van der Waals surface area contributed by atoms with Crippen molar-refractivity contribution in [2.45, 2.75) is 13.8 Å². The maximum absolute atomic E-state index is 5.59. The molecule has 5 nitrogen and oxygen atoms in total. The van der Waals surface area contributed by atoms with Crippen molar-refractivity contribution in [2.75, 3.05) is 5.73 Å². The number of nitrogens with zero attached hydrogens (tertiary/aromatic N) is 3. The maximum Gasteiger partial charge on any atom is 0.199 e. The molecule has 0 aromatic carbocycles. The summed E-state index contributed by atoms with van der Waals surface area (Å²) in [5, 5.41) is 0. The third-order valence-corrected chi connectivity index (χ3v) is 1.72. The Bertz CT molecular complexity index is 443. The number of aryl methyl sites for hydroxylation is 2. The topological polar surface area (TPSA) is 77.8 Å². The van der Waals surface area contributed by atoms with E-state index in [4.69, 9.17) is 10.2 Å². The lowest BCUT2D eigenvalue weighted by Crippen LogP contribution is -1.96. The van der Waals surface area contributed by atoms with Gasteiger partial charge >= 0.3 is 0 Å². The van der Waals surface area contributed by atoms with Crippen molar-refractivity contribution in [3.05, 3.63) is 23.8 Å². The summed E-state index contributed by atoms with van der Waals surface area (Å²) in [6.07, 6.45) is 1.59. The third-order valence-electron chi connectivity index (χ3n) is 1.72. The van der Waals surface area contributed by atoms with E-state index in [0.29, 0.717) is 23.3 Å². The quantitative estimate of drug-likeness (QED) is 0.733. The predicted octanol–water partition coefficient (Wildman–Crippen LogP) is 1.33. The second-order valence-corrected chi connectivity index (χ2v) is 3.00. The summed E-state index contributed by atoms with van der Waals surface area (Å²) < 4.78 is 5.29. The molecule has 0 atom stereocenters. The zero-order chi connectivity index (χ0) is 10.1. The molecule has 0 aliphatic rings. The van der Waals surface area contributed by atoms with E-state index in [1.807, 2.05) is 6.92 Å². The van der Waals surface area contributed by atoms with Crippen LogP contribution in [0, 0.1) is 13.8 Å². The van der Waals surface area contributed by atoms with Crippen molar-refractivity contribution in [1.82, 2.24) is 15.0 Å². The van der Waals surface area contributed by atoms with Crippen LogP contribution in [0.2, 0.25) is 0 Å². The highest BCUT2D eigenvalue weighted by atomic mass is 16.4. The number of oxazole rings is 1. The molecular formula is C9H10N4O. The number of anilines is 1. The van der Waals surface area contributed by atoms with Crippen molar-refractivity contribution in [3.8, 4) is 11.6 Å². The Morgan fingerprint density at radius 2 is 2.07 bits per heavy atom. The first kappa shape index (κ1) is 8.68. The van der Waals surface area contributed by atoms with Gasteiger partial charge in [-0.2, -0.15) is 0 Å². The molecule has 0 aliphatic carbocycles. The first-order valence-electron chi connectivity index (χ1n) is 4.19. The summed E-state index contributed by atoms with van der Waals surface area (Å²) in [6.45, 7) is 3.62. The summed E-state index contributed by atoms with van der Waals surface area (Å²) >= 11 is 0. The SMILES string of the molecule is Cc1cc(N)nc(-c2cnc(C)o2)n1. The van der Waals surface area contributed by atoms with Gasteiger partial charge < -0.3 is 10.2 Å². The van der Waals surface area contributed by atoms with Crippen LogP contribution < -0.4 is 5.73 Å². The molecule has 2 rings (SSSR count). The molecule has 0 aliphatic heterocycles. The van der Waals surface area contributed by atoms with Crippen LogP contribution in [-0.2, 0) is 0 Å². The van der Waals surface area contributed by atoms with Gasteiger partial charge in [-0.15, -0.1) is 0 Å². The standard InChI is InChI=1S/C9H10N4O/c1-5-3-8(10)13-9(12-5)7-4-11-6(2)14-7/h3-4H,1-2H3,(H2,10,12,13). The highest BCUT2D eigenvalue weighted by Crippen LogP contribution is 2.17. The van der Waals surface area contributed by atoms with E-state index >= 15 is 0 Å². The number of hydrogen-bond acceptors (Lipinski definition) is 5. The number of nitrogen functional groups attached to an aromatic ring is 1. The molecule has 0 bridgehead atoms. The average Bonchev–Trinajstić information content (AvgIpc) is 2.50. The molecule has 0 saturated carbocycles. The van der Waals surface area contributed by atoms with Crippen LogP contribution in [-0.4, -0.2) is 15.0 Å². The third kappa shape index (κ3) is 1.56. The number of nitrogens with two attached hydrogens (primary N) is 1. The molecule has 0 amide bonds. The van der Waals surface area contributed by atoms with Crippen LogP contribution in [0.5, 0.6) is 0 Å². The van der Waals surface area contributed by atoms with Gasteiger partial charge in [0, 0.05) is 18.7 Å². The van der Waals surface area contributed by atoms with E-state index in [0.717, 1.165) is 5.69 Å². The summed E-state index contributed by atoms with van der Waals surface area (Å²) in [7, 11) is 0. The van der Waals surface area contributed by atoms with Crippen LogP contribution in [0.4, 0.5) is 5.82 Å². The molecular weight excluding hydrogens is 180 g/mol. The van der Waals surface area contributed by atoms with Crippen LogP contribution in [0.3, 0.4) is 0 Å². The van der Waals surface area contributed by atoms with E-state index in [2.05, 4.69) is 15.0 Å². The Kier molecular flexibility index (Phi) is 1.92. The van der Waals surface area contributed by atoms with Gasteiger partial charge in [-0.05, 0) is 6.92 Å². The average molecular weight is 190 g/mol. The number of aromatic nitrogens is 3. The monoisotopic (exact) mass is 190 g/mol. The van der Waals surface area contributed by atoms with Crippen molar-refractivity contribution < 1.29 is 4.42 Å². The minimum Gasteiger partial charge on any atom is -0.438 e. The molecule has 5 heteroatoms. The highest BCUT2D eigenvalue weighted by molar-refractivity contribution is 5.48. The Labute approximate surface area is 81.0 Å². The Balaban J connectivity index is 2.51. The molecule has 14 heavy (non-hydrogen) atoms. The zero-order valence-electron chi connectivity index (χ0n) is 7.98. The fraction of sp³-hybridized carbons (Fsp3) is 0.222. The smallest absolute Gasteiger partial charge is 0.199 e. The molecule has 0 unspecified atom stereocenters. The summed E-state index contributed by atoms with van der Waals surface area (Å²) in [6, 6.07) is 1.70. The Hall–Kier alpha value is -1.91. The minimum absolute atomic E-state index is 0.432. The molecule has 2 aromatic heterocycles. The highest BCUT2D eigenvalue weighted by Gasteiger charge is 2.07. The predicted molar refractivity (Wildman–Crippen MR) is 51.4 cm³/mol. The van der Waals surface area contributed by atoms with Crippen LogP contribution in [0.1, 0.15) is 11.6 Å². The Morgan fingerprint density at radius 3 is 2.64 bits per heavy atom. The zero-order valence-corrected chi connectivity index (χ0v) is 7.98. The fourth-order valence-corrected chi connectivity index (χ4v) is 1.17. The molecule has 2 heterocycles. The van der Waals surface area contributed by atoms with Gasteiger partial charge in [-0.25, -0.2) is 15.0 Å². The fourth-order valence-electron chi connectivity index (χ4n) is 1.17. The number of hydrogen-bond donors (Lipinski definition) is 1. The molecule has 0 spiro atoms. The normalized spacial score (nSPS) is 10.4. The van der Waals surface area contributed by atoms with E-state index in [9.17, 15) is 0 Å². The summed E-state index contributed by atoms with van der Waals surface area (Å²) in [4.78, 5) is 12.2. The summed E-state index contributed by atoms with van der Waals surface area (Å²) in [5.41, 5.74) is 6.40. The van der Waals surface area contributed by atoms with E-state index in [1.165, 1.54) is 0 Å². The van der Waals surface area contributed by atoms with Crippen molar-refractivity contribution in [3.63, 3.8) is 0 Å². The van der Waals surface area contributed by atoms with Gasteiger partial charge in [0.05, 0.1) is 6.20 Å². The van der Waals surface area contributed by atoms with Gasteiger partial charge in [0.2, 0.25) is 0 Å². The van der Waals surface area contributed by atoms with Gasteiger partial charge in [-0.1, -0.05) is 0 Å². The Morgan fingerprint density at radius 1 is 1.29 bits per heavy atom. The minimum atomic E-state index is 0.432. The van der Waals surface area contributed by atoms with Gasteiger partial charge in [0.25, 0.3) is 0 Å². The van der Waals surface area contributed by atoms with Gasteiger partial charge in [0.1, 0.15) is 5.82 Å². The number of rotatable bonds is 1. The molecule has 0 radical (unpaired) electrons. The molecule has 0 fully saturated rings. The lowest BCUT2D eigenvalue weighted by molar-refractivity contribution is 0.530. The maximum atomic E-state index is 5.59. The molecule has 2 N–H and O–H groups in total. The van der Waals surface area contributed by atoms with Gasteiger partial charge in [-0.3, -0.25) is 0 Å². The molecule has 2 aromatic rings. The molecule has 72 valence electrons.